The van der Waals surface area contributed by atoms with Crippen LogP contribution >= 0.6 is 0 Å². The van der Waals surface area contributed by atoms with Crippen LogP contribution in [0.1, 0.15) is 20.3 Å². The lowest BCUT2D eigenvalue weighted by atomic mass is 10.1. The second kappa shape index (κ2) is 5.75. The van der Waals surface area contributed by atoms with E-state index >= 15 is 0 Å². The van der Waals surface area contributed by atoms with Gasteiger partial charge in [0, 0.05) is 32.7 Å². The van der Waals surface area contributed by atoms with Crippen molar-refractivity contribution in [1.29, 1.82) is 0 Å². The summed E-state index contributed by atoms with van der Waals surface area (Å²) in [6.45, 7) is 8.74. The molecule has 106 valence electrons. The summed E-state index contributed by atoms with van der Waals surface area (Å²) in [6.07, 6.45) is 2.65. The van der Waals surface area contributed by atoms with E-state index in [1.54, 1.807) is 0 Å². The molecule has 1 aliphatic rings. The monoisotopic (exact) mass is 264 g/mol. The number of nitrogens with zero attached hydrogens (tertiary/aromatic N) is 3. The molecule has 0 bridgehead atoms. The smallest absolute Gasteiger partial charge is 0.123 e. The van der Waals surface area contributed by atoms with E-state index in [1.807, 2.05) is 32.2 Å². The Bertz CT molecular complexity index is 391. The number of aliphatic hydroxyl groups is 1. The Kier molecular flexibility index (Phi) is 4.27. The van der Waals surface area contributed by atoms with Crippen LogP contribution in [0.15, 0.2) is 18.3 Å². The molecular formula is C14H24N4O. The topological polar surface area (TPSA) is 65.6 Å². The summed E-state index contributed by atoms with van der Waals surface area (Å²) >= 11 is 0. The predicted molar refractivity (Wildman–Crippen MR) is 78.2 cm³/mol. The molecule has 3 N–H and O–H groups in total. The van der Waals surface area contributed by atoms with Gasteiger partial charge in [-0.25, -0.2) is 4.98 Å². The zero-order valence-electron chi connectivity index (χ0n) is 11.8. The van der Waals surface area contributed by atoms with Crippen LogP contribution < -0.4 is 10.6 Å². The average Bonchev–Trinajstić information content (AvgIpc) is 2.37. The van der Waals surface area contributed by atoms with E-state index in [2.05, 4.69) is 14.8 Å². The molecule has 1 fully saturated rings. The van der Waals surface area contributed by atoms with Gasteiger partial charge in [0.15, 0.2) is 0 Å². The van der Waals surface area contributed by atoms with Crippen LogP contribution in [-0.2, 0) is 0 Å². The Balaban J connectivity index is 1.81. The fourth-order valence-electron chi connectivity index (χ4n) is 2.25. The lowest BCUT2D eigenvalue weighted by molar-refractivity contribution is 0.0569. The standard InChI is InChI=1S/C14H24N4O/c1-14(2,19)5-6-17-7-9-18(10-8-17)12-3-4-13(15)16-11-12/h3-4,11,19H,5-10H2,1-2H3,(H2,15,16). The Morgan fingerprint density at radius 3 is 2.47 bits per heavy atom. The second-order valence-electron chi connectivity index (χ2n) is 5.83. The molecule has 0 aliphatic carbocycles. The van der Waals surface area contributed by atoms with E-state index < -0.39 is 5.60 Å². The number of aromatic nitrogens is 1. The van der Waals surface area contributed by atoms with Gasteiger partial charge in [0.05, 0.1) is 17.5 Å². The lowest BCUT2D eigenvalue weighted by Crippen LogP contribution is -2.47. The van der Waals surface area contributed by atoms with Crippen molar-refractivity contribution in [2.75, 3.05) is 43.4 Å². The van der Waals surface area contributed by atoms with Gasteiger partial charge in [-0.1, -0.05) is 0 Å². The largest absolute Gasteiger partial charge is 0.390 e. The molecule has 1 aromatic heterocycles. The third kappa shape index (κ3) is 4.36. The number of rotatable bonds is 4. The molecule has 0 amide bonds. The molecule has 2 rings (SSSR count). The van der Waals surface area contributed by atoms with E-state index in [0.717, 1.165) is 44.8 Å². The van der Waals surface area contributed by atoms with E-state index in [-0.39, 0.29) is 0 Å². The molecule has 1 aromatic rings. The van der Waals surface area contributed by atoms with E-state index in [9.17, 15) is 5.11 Å². The first kappa shape index (κ1) is 14.1. The summed E-state index contributed by atoms with van der Waals surface area (Å²) < 4.78 is 0. The minimum absolute atomic E-state index is 0.563. The van der Waals surface area contributed by atoms with Gasteiger partial charge < -0.3 is 15.7 Å². The molecule has 0 aromatic carbocycles. The highest BCUT2D eigenvalue weighted by atomic mass is 16.3. The highest BCUT2D eigenvalue weighted by molar-refractivity contribution is 5.48. The Morgan fingerprint density at radius 1 is 1.26 bits per heavy atom. The van der Waals surface area contributed by atoms with Gasteiger partial charge in [0.25, 0.3) is 0 Å². The van der Waals surface area contributed by atoms with Gasteiger partial charge in [0.1, 0.15) is 5.82 Å². The number of hydrogen-bond donors (Lipinski definition) is 2. The van der Waals surface area contributed by atoms with Crippen molar-refractivity contribution in [2.24, 2.45) is 0 Å². The molecular weight excluding hydrogens is 240 g/mol. The minimum Gasteiger partial charge on any atom is -0.390 e. The van der Waals surface area contributed by atoms with Gasteiger partial charge in [-0.15, -0.1) is 0 Å². The van der Waals surface area contributed by atoms with E-state index in [1.165, 1.54) is 0 Å². The maximum absolute atomic E-state index is 9.75. The Labute approximate surface area is 115 Å². The molecule has 0 spiro atoms. The molecule has 2 heterocycles. The van der Waals surface area contributed by atoms with Crippen LogP contribution in [0.25, 0.3) is 0 Å². The highest BCUT2D eigenvalue weighted by Crippen LogP contribution is 2.17. The van der Waals surface area contributed by atoms with Crippen LogP contribution in [0.3, 0.4) is 0 Å². The highest BCUT2D eigenvalue weighted by Gasteiger charge is 2.20. The fourth-order valence-corrected chi connectivity index (χ4v) is 2.25. The third-order valence-corrected chi connectivity index (χ3v) is 3.55. The van der Waals surface area contributed by atoms with Crippen LogP contribution in [0.5, 0.6) is 0 Å². The van der Waals surface area contributed by atoms with Crippen LogP contribution in [0.4, 0.5) is 11.5 Å². The number of hydrogen-bond acceptors (Lipinski definition) is 5. The average molecular weight is 264 g/mol. The molecule has 1 aliphatic heterocycles. The molecule has 19 heavy (non-hydrogen) atoms. The Hall–Kier alpha value is -1.33. The van der Waals surface area contributed by atoms with Crippen LogP contribution in [0, 0.1) is 0 Å². The third-order valence-electron chi connectivity index (χ3n) is 3.55. The van der Waals surface area contributed by atoms with E-state index in [4.69, 9.17) is 5.73 Å². The maximum Gasteiger partial charge on any atom is 0.123 e. The molecule has 0 saturated carbocycles. The second-order valence-corrected chi connectivity index (χ2v) is 5.83. The summed E-state index contributed by atoms with van der Waals surface area (Å²) in [7, 11) is 0. The summed E-state index contributed by atoms with van der Waals surface area (Å²) in [5.74, 6) is 0.563. The number of piperazine rings is 1. The normalized spacial score (nSPS) is 17.7. The summed E-state index contributed by atoms with van der Waals surface area (Å²) in [5.41, 5.74) is 6.16. The van der Waals surface area contributed by atoms with Gasteiger partial charge in [-0.05, 0) is 32.4 Å². The van der Waals surface area contributed by atoms with Crippen molar-refractivity contribution in [2.45, 2.75) is 25.9 Å². The van der Waals surface area contributed by atoms with Crippen molar-refractivity contribution in [3.8, 4) is 0 Å². The SMILES string of the molecule is CC(C)(O)CCN1CCN(c2ccc(N)nc2)CC1. The first-order valence-corrected chi connectivity index (χ1v) is 6.85. The number of nitrogens with two attached hydrogens (primary N) is 1. The van der Waals surface area contributed by atoms with Gasteiger partial charge in [0.2, 0.25) is 0 Å². The first-order chi connectivity index (χ1) is 8.94. The van der Waals surface area contributed by atoms with Gasteiger partial charge >= 0.3 is 0 Å². The quantitative estimate of drug-likeness (QED) is 0.847. The summed E-state index contributed by atoms with van der Waals surface area (Å²) in [5, 5.41) is 9.75. The van der Waals surface area contributed by atoms with Crippen molar-refractivity contribution >= 4 is 11.5 Å². The Morgan fingerprint density at radius 2 is 1.95 bits per heavy atom. The van der Waals surface area contributed by atoms with Gasteiger partial charge in [-0.3, -0.25) is 4.90 Å². The zero-order valence-corrected chi connectivity index (χ0v) is 11.8. The lowest BCUT2D eigenvalue weighted by Gasteiger charge is -2.36. The maximum atomic E-state index is 9.75. The van der Waals surface area contributed by atoms with Crippen molar-refractivity contribution in [3.05, 3.63) is 18.3 Å². The molecule has 0 atom stereocenters. The number of anilines is 2. The van der Waals surface area contributed by atoms with Crippen molar-refractivity contribution in [3.63, 3.8) is 0 Å². The molecule has 0 unspecified atom stereocenters. The predicted octanol–water partition coefficient (Wildman–Crippen LogP) is 0.947. The fraction of sp³-hybridized carbons (Fsp3) is 0.643. The van der Waals surface area contributed by atoms with Crippen LogP contribution in [0.2, 0.25) is 0 Å². The molecule has 0 radical (unpaired) electrons. The molecule has 5 nitrogen and oxygen atoms in total. The summed E-state index contributed by atoms with van der Waals surface area (Å²) in [4.78, 5) is 8.86. The van der Waals surface area contributed by atoms with Crippen LogP contribution in [-0.4, -0.2) is 53.3 Å². The number of nitrogen functional groups attached to an aromatic ring is 1. The first-order valence-electron chi connectivity index (χ1n) is 6.85. The van der Waals surface area contributed by atoms with Crippen molar-refractivity contribution < 1.29 is 5.11 Å². The van der Waals surface area contributed by atoms with Crippen molar-refractivity contribution in [1.82, 2.24) is 9.88 Å². The molecule has 5 heteroatoms. The zero-order chi connectivity index (χ0) is 13.9. The van der Waals surface area contributed by atoms with E-state index in [0.29, 0.717) is 5.82 Å². The van der Waals surface area contributed by atoms with Gasteiger partial charge in [-0.2, -0.15) is 0 Å². The molecule has 1 saturated heterocycles. The number of pyridine rings is 1. The minimum atomic E-state index is -0.571. The summed E-state index contributed by atoms with van der Waals surface area (Å²) in [6, 6.07) is 3.87.